The molecular formula is C10H16FNO. The number of hydrogen-bond donors (Lipinski definition) is 1. The van der Waals surface area contributed by atoms with Crippen molar-refractivity contribution in [3.05, 3.63) is 0 Å². The number of fused-ring (bicyclic) bond motifs is 1. The lowest BCUT2D eigenvalue weighted by Crippen LogP contribution is -2.55. The standard InChI is InChI=1S/C10H16FNO/c1-6-5-9(13)12-10-7(6)3-2-4-8(10)11/h6-8,10H,2-5H2,1H3,(H,12,13). The summed E-state index contributed by atoms with van der Waals surface area (Å²) in [4.78, 5) is 11.2. The number of amides is 1. The maximum absolute atomic E-state index is 13.5. The minimum atomic E-state index is -0.814. The molecule has 2 aliphatic rings. The van der Waals surface area contributed by atoms with Gasteiger partial charge in [0.1, 0.15) is 6.17 Å². The van der Waals surface area contributed by atoms with Gasteiger partial charge in [0.25, 0.3) is 0 Å². The molecular weight excluding hydrogens is 169 g/mol. The van der Waals surface area contributed by atoms with Gasteiger partial charge in [-0.25, -0.2) is 4.39 Å². The molecule has 1 saturated heterocycles. The van der Waals surface area contributed by atoms with Crippen molar-refractivity contribution >= 4 is 5.91 Å². The van der Waals surface area contributed by atoms with Crippen LogP contribution in [0.5, 0.6) is 0 Å². The van der Waals surface area contributed by atoms with Gasteiger partial charge in [-0.05, 0) is 24.7 Å². The minimum Gasteiger partial charge on any atom is -0.350 e. The van der Waals surface area contributed by atoms with Crippen LogP contribution in [-0.2, 0) is 4.79 Å². The van der Waals surface area contributed by atoms with E-state index in [9.17, 15) is 9.18 Å². The first-order valence-corrected chi connectivity index (χ1v) is 5.12. The van der Waals surface area contributed by atoms with Gasteiger partial charge in [-0.3, -0.25) is 4.79 Å². The summed E-state index contributed by atoms with van der Waals surface area (Å²) in [7, 11) is 0. The molecule has 2 nitrogen and oxygen atoms in total. The molecule has 1 N–H and O–H groups in total. The number of hydrogen-bond acceptors (Lipinski definition) is 1. The van der Waals surface area contributed by atoms with Crippen LogP contribution >= 0.6 is 0 Å². The Morgan fingerprint density at radius 3 is 3.00 bits per heavy atom. The van der Waals surface area contributed by atoms with E-state index in [4.69, 9.17) is 0 Å². The Bertz CT molecular complexity index is 219. The first-order chi connectivity index (χ1) is 6.18. The molecule has 1 heterocycles. The molecule has 0 bridgehead atoms. The fourth-order valence-electron chi connectivity index (χ4n) is 2.70. The van der Waals surface area contributed by atoms with Crippen molar-refractivity contribution < 1.29 is 9.18 Å². The molecule has 0 spiro atoms. The summed E-state index contributed by atoms with van der Waals surface area (Å²) in [5.41, 5.74) is 0. The summed E-state index contributed by atoms with van der Waals surface area (Å²) >= 11 is 0. The smallest absolute Gasteiger partial charge is 0.220 e. The van der Waals surface area contributed by atoms with Crippen molar-refractivity contribution in [1.82, 2.24) is 5.32 Å². The number of carbonyl (C=O) groups is 1. The van der Waals surface area contributed by atoms with Crippen molar-refractivity contribution in [3.8, 4) is 0 Å². The van der Waals surface area contributed by atoms with E-state index < -0.39 is 6.17 Å². The molecule has 0 aromatic rings. The third-order valence-corrected chi connectivity index (χ3v) is 3.43. The third kappa shape index (κ3) is 1.56. The van der Waals surface area contributed by atoms with E-state index in [-0.39, 0.29) is 11.9 Å². The highest BCUT2D eigenvalue weighted by molar-refractivity contribution is 5.77. The molecule has 1 saturated carbocycles. The van der Waals surface area contributed by atoms with Crippen LogP contribution in [0.4, 0.5) is 4.39 Å². The number of rotatable bonds is 0. The van der Waals surface area contributed by atoms with Crippen LogP contribution in [-0.4, -0.2) is 18.1 Å². The SMILES string of the molecule is CC1CC(=O)NC2C(F)CCCC12. The number of halogens is 1. The van der Waals surface area contributed by atoms with E-state index in [0.717, 1.165) is 12.8 Å². The zero-order valence-corrected chi connectivity index (χ0v) is 7.92. The van der Waals surface area contributed by atoms with Gasteiger partial charge in [0.05, 0.1) is 6.04 Å². The third-order valence-electron chi connectivity index (χ3n) is 3.43. The molecule has 4 unspecified atom stereocenters. The Hall–Kier alpha value is -0.600. The van der Waals surface area contributed by atoms with Gasteiger partial charge in [0.15, 0.2) is 0 Å². The van der Waals surface area contributed by atoms with E-state index in [2.05, 4.69) is 12.2 Å². The van der Waals surface area contributed by atoms with Crippen molar-refractivity contribution in [2.45, 2.75) is 44.8 Å². The fraction of sp³-hybridized carbons (Fsp3) is 0.900. The number of carbonyl (C=O) groups excluding carboxylic acids is 1. The molecule has 0 aromatic heterocycles. The van der Waals surface area contributed by atoms with Gasteiger partial charge in [0.2, 0.25) is 5.91 Å². The molecule has 1 aliphatic heterocycles. The highest BCUT2D eigenvalue weighted by Gasteiger charge is 2.41. The van der Waals surface area contributed by atoms with Crippen molar-refractivity contribution in [1.29, 1.82) is 0 Å². The monoisotopic (exact) mass is 185 g/mol. The van der Waals surface area contributed by atoms with Crippen LogP contribution in [0.25, 0.3) is 0 Å². The molecule has 1 aliphatic carbocycles. The van der Waals surface area contributed by atoms with Crippen molar-refractivity contribution in [2.75, 3.05) is 0 Å². The largest absolute Gasteiger partial charge is 0.350 e. The predicted octanol–water partition coefficient (Wildman–Crippen LogP) is 1.65. The molecule has 0 aromatic carbocycles. The molecule has 2 fully saturated rings. The summed E-state index contributed by atoms with van der Waals surface area (Å²) in [6.45, 7) is 2.06. The lowest BCUT2D eigenvalue weighted by molar-refractivity contribution is -0.128. The van der Waals surface area contributed by atoms with Gasteiger partial charge in [-0.15, -0.1) is 0 Å². The lowest BCUT2D eigenvalue weighted by atomic mass is 9.73. The number of alkyl halides is 1. The summed E-state index contributed by atoms with van der Waals surface area (Å²) in [5, 5.41) is 2.78. The highest BCUT2D eigenvalue weighted by atomic mass is 19.1. The Labute approximate surface area is 77.9 Å². The maximum atomic E-state index is 13.5. The predicted molar refractivity (Wildman–Crippen MR) is 47.9 cm³/mol. The zero-order chi connectivity index (χ0) is 9.42. The maximum Gasteiger partial charge on any atom is 0.220 e. The quantitative estimate of drug-likeness (QED) is 0.611. The molecule has 2 rings (SSSR count). The molecule has 13 heavy (non-hydrogen) atoms. The van der Waals surface area contributed by atoms with Gasteiger partial charge < -0.3 is 5.32 Å². The minimum absolute atomic E-state index is 0.0262. The summed E-state index contributed by atoms with van der Waals surface area (Å²) < 4.78 is 13.5. The first-order valence-electron chi connectivity index (χ1n) is 5.12. The van der Waals surface area contributed by atoms with Gasteiger partial charge >= 0.3 is 0 Å². The van der Waals surface area contributed by atoms with Crippen LogP contribution in [0.15, 0.2) is 0 Å². The van der Waals surface area contributed by atoms with Crippen molar-refractivity contribution in [3.63, 3.8) is 0 Å². The van der Waals surface area contributed by atoms with Crippen molar-refractivity contribution in [2.24, 2.45) is 11.8 Å². The van der Waals surface area contributed by atoms with Crippen LogP contribution in [0, 0.1) is 11.8 Å². The molecule has 74 valence electrons. The molecule has 1 amide bonds. The average molecular weight is 185 g/mol. The second-order valence-electron chi connectivity index (χ2n) is 4.39. The Morgan fingerprint density at radius 2 is 2.23 bits per heavy atom. The van der Waals surface area contributed by atoms with E-state index in [1.54, 1.807) is 0 Å². The molecule has 0 radical (unpaired) electrons. The fourth-order valence-corrected chi connectivity index (χ4v) is 2.70. The Morgan fingerprint density at radius 1 is 1.46 bits per heavy atom. The molecule has 3 heteroatoms. The van der Waals surface area contributed by atoms with Gasteiger partial charge in [0, 0.05) is 6.42 Å². The van der Waals surface area contributed by atoms with E-state index >= 15 is 0 Å². The number of nitrogens with one attached hydrogen (secondary N) is 1. The topological polar surface area (TPSA) is 29.1 Å². The van der Waals surface area contributed by atoms with Crippen LogP contribution in [0.2, 0.25) is 0 Å². The number of piperidine rings is 1. The molecule has 4 atom stereocenters. The highest BCUT2D eigenvalue weighted by Crippen LogP contribution is 2.36. The van der Waals surface area contributed by atoms with Gasteiger partial charge in [-0.2, -0.15) is 0 Å². The summed E-state index contributed by atoms with van der Waals surface area (Å²) in [6.07, 6.45) is 2.43. The second kappa shape index (κ2) is 3.28. The zero-order valence-electron chi connectivity index (χ0n) is 7.92. The van der Waals surface area contributed by atoms with E-state index in [1.165, 1.54) is 0 Å². The van der Waals surface area contributed by atoms with Crippen LogP contribution in [0.1, 0.15) is 32.6 Å². The Balaban J connectivity index is 2.12. The lowest BCUT2D eigenvalue weighted by Gasteiger charge is -2.41. The van der Waals surface area contributed by atoms with Gasteiger partial charge in [-0.1, -0.05) is 13.3 Å². The van der Waals surface area contributed by atoms with Crippen LogP contribution < -0.4 is 5.32 Å². The van der Waals surface area contributed by atoms with E-state index in [0.29, 0.717) is 24.7 Å². The normalized spacial score (nSPS) is 45.2. The average Bonchev–Trinajstić information content (AvgIpc) is 2.07. The summed E-state index contributed by atoms with van der Waals surface area (Å²) in [6, 6.07) is -0.190. The van der Waals surface area contributed by atoms with E-state index in [1.807, 2.05) is 0 Å². The Kier molecular flexibility index (Phi) is 2.26. The first kappa shape index (κ1) is 8.97. The second-order valence-corrected chi connectivity index (χ2v) is 4.39. The summed E-state index contributed by atoms with van der Waals surface area (Å²) in [5.74, 6) is 0.761. The van der Waals surface area contributed by atoms with Crippen LogP contribution in [0.3, 0.4) is 0 Å².